The van der Waals surface area contributed by atoms with Crippen molar-refractivity contribution in [1.29, 1.82) is 0 Å². The fraction of sp³-hybridized carbons (Fsp3) is 0.455. The summed E-state index contributed by atoms with van der Waals surface area (Å²) in [5.41, 5.74) is 1.42. The number of rotatable bonds is 4. The Morgan fingerprint density at radius 2 is 1.69 bits per heavy atom. The van der Waals surface area contributed by atoms with Crippen LogP contribution in [0.2, 0.25) is 0 Å². The Hall–Kier alpha value is -0.670. The number of quaternary nitrogens is 1. The number of para-hydroxylation sites is 1. The highest BCUT2D eigenvalue weighted by Crippen LogP contribution is 2.46. The number of aryl methyl sites for hydroxylation is 1. The molecule has 0 saturated heterocycles. The first-order valence-corrected chi connectivity index (χ1v) is 6.84. The van der Waals surface area contributed by atoms with E-state index in [0.717, 1.165) is 5.56 Å². The molecule has 0 aromatic heterocycles. The van der Waals surface area contributed by atoms with Gasteiger partial charge < -0.3 is 9.79 Å². The molecule has 0 amide bonds. The summed E-state index contributed by atoms with van der Waals surface area (Å²) in [7, 11) is -4.72. The summed E-state index contributed by atoms with van der Waals surface area (Å²) >= 11 is 0. The smallest absolute Gasteiger partial charge is 0.137 e. The summed E-state index contributed by atoms with van der Waals surface area (Å²) in [6.45, 7) is 5.78. The largest absolute Gasteiger partial charge is 0.764 e. The van der Waals surface area contributed by atoms with Gasteiger partial charge in [0.15, 0.2) is 0 Å². The van der Waals surface area contributed by atoms with Gasteiger partial charge in [0.2, 0.25) is 0 Å². The third kappa shape index (κ3) is 2.06. The fourth-order valence-electron chi connectivity index (χ4n) is 2.07. The third-order valence-electron chi connectivity index (χ3n) is 3.08. The summed E-state index contributed by atoms with van der Waals surface area (Å²) in [4.78, 5) is 23.0. The van der Waals surface area contributed by atoms with E-state index in [4.69, 9.17) is 0 Å². The highest BCUT2D eigenvalue weighted by atomic mass is 31.2. The number of hydrogen-bond acceptors (Lipinski definition) is 3. The van der Waals surface area contributed by atoms with Crippen molar-refractivity contribution in [2.45, 2.75) is 20.8 Å². The second-order valence-corrected chi connectivity index (χ2v) is 5.51. The summed E-state index contributed by atoms with van der Waals surface area (Å²) in [6.07, 6.45) is 0. The molecule has 0 radical (unpaired) electrons. The van der Waals surface area contributed by atoms with Crippen LogP contribution in [0.1, 0.15) is 19.4 Å². The lowest BCUT2D eigenvalue weighted by atomic mass is 10.2. The van der Waals surface area contributed by atoms with Gasteiger partial charge in [0.05, 0.1) is 13.1 Å². The molecule has 0 N–H and O–H groups in total. The molecule has 0 spiro atoms. The lowest BCUT2D eigenvalue weighted by Crippen LogP contribution is -2.52. The Kier molecular flexibility index (Phi) is 3.92. The maximum absolute atomic E-state index is 11.5. The first-order valence-electron chi connectivity index (χ1n) is 5.35. The zero-order valence-electron chi connectivity index (χ0n) is 9.84. The van der Waals surface area contributed by atoms with Crippen LogP contribution in [0.3, 0.4) is 0 Å². The van der Waals surface area contributed by atoms with Crippen molar-refractivity contribution < 1.29 is 14.4 Å². The van der Waals surface area contributed by atoms with Gasteiger partial charge in [-0.15, -0.1) is 0 Å². The SMILES string of the molecule is CC[N+](CC)(c1ccccc1C)P(=O)([O-])[O-]. The lowest BCUT2D eigenvalue weighted by Gasteiger charge is -2.50. The van der Waals surface area contributed by atoms with Crippen LogP contribution in [-0.4, -0.2) is 13.1 Å². The van der Waals surface area contributed by atoms with Crippen molar-refractivity contribution in [1.82, 2.24) is 4.25 Å². The van der Waals surface area contributed by atoms with Crippen LogP contribution in [0, 0.1) is 6.92 Å². The molecule has 0 aliphatic carbocycles. The molecule has 16 heavy (non-hydrogen) atoms. The Balaban J connectivity index is 3.45. The Morgan fingerprint density at radius 1 is 1.19 bits per heavy atom. The average molecular weight is 242 g/mol. The number of nitrogens with zero attached hydrogens (tertiary/aromatic N) is 1. The van der Waals surface area contributed by atoms with E-state index in [1.165, 1.54) is 0 Å². The minimum Gasteiger partial charge on any atom is -0.764 e. The lowest BCUT2D eigenvalue weighted by molar-refractivity contribution is -0.327. The summed E-state index contributed by atoms with van der Waals surface area (Å²) in [5.74, 6) is 0. The molecule has 0 atom stereocenters. The molecular weight excluding hydrogens is 225 g/mol. The van der Waals surface area contributed by atoms with Gasteiger partial charge >= 0.3 is 0 Å². The van der Waals surface area contributed by atoms with Gasteiger partial charge in [-0.2, -0.15) is 0 Å². The predicted molar refractivity (Wildman–Crippen MR) is 61.7 cm³/mol. The Bertz CT molecular complexity index is 409. The molecule has 0 unspecified atom stereocenters. The zero-order valence-corrected chi connectivity index (χ0v) is 10.7. The van der Waals surface area contributed by atoms with Gasteiger partial charge in [0.25, 0.3) is 0 Å². The van der Waals surface area contributed by atoms with Crippen LogP contribution >= 0.6 is 7.75 Å². The van der Waals surface area contributed by atoms with E-state index in [2.05, 4.69) is 0 Å². The minimum atomic E-state index is -4.72. The van der Waals surface area contributed by atoms with E-state index in [1.54, 1.807) is 26.0 Å². The van der Waals surface area contributed by atoms with Crippen molar-refractivity contribution in [3.8, 4) is 0 Å². The van der Waals surface area contributed by atoms with Crippen LogP contribution in [0.15, 0.2) is 24.3 Å². The van der Waals surface area contributed by atoms with Crippen LogP contribution in [0.25, 0.3) is 0 Å². The molecule has 1 rings (SSSR count). The van der Waals surface area contributed by atoms with E-state index in [-0.39, 0.29) is 13.1 Å². The van der Waals surface area contributed by atoms with E-state index >= 15 is 0 Å². The Labute approximate surface area is 96.3 Å². The average Bonchev–Trinajstić information content (AvgIpc) is 2.21. The molecule has 0 bridgehead atoms. The van der Waals surface area contributed by atoms with Crippen molar-refractivity contribution in [2.24, 2.45) is 0 Å². The van der Waals surface area contributed by atoms with Crippen LogP contribution < -0.4 is 14.0 Å². The monoisotopic (exact) mass is 242 g/mol. The molecule has 4 nitrogen and oxygen atoms in total. The number of hydrogen-bond donors (Lipinski definition) is 0. The highest BCUT2D eigenvalue weighted by Gasteiger charge is 2.32. The van der Waals surface area contributed by atoms with E-state index in [1.807, 2.05) is 19.1 Å². The molecule has 1 aromatic rings. The zero-order chi connectivity index (χ0) is 12.4. The first kappa shape index (κ1) is 13.4. The predicted octanol–water partition coefficient (Wildman–Crippen LogP) is 1.17. The van der Waals surface area contributed by atoms with Gasteiger partial charge in [-0.1, -0.05) is 18.2 Å². The van der Waals surface area contributed by atoms with Crippen LogP contribution in [0.4, 0.5) is 5.69 Å². The first-order chi connectivity index (χ1) is 7.39. The summed E-state index contributed by atoms with van der Waals surface area (Å²) < 4.78 is 11.0. The second-order valence-electron chi connectivity index (χ2n) is 3.81. The van der Waals surface area contributed by atoms with Crippen LogP contribution in [-0.2, 0) is 4.57 Å². The molecule has 0 aliphatic rings. The topological polar surface area (TPSA) is 63.2 Å². The van der Waals surface area contributed by atoms with Gasteiger partial charge in [-0.3, -0.25) is 8.82 Å². The van der Waals surface area contributed by atoms with Crippen molar-refractivity contribution >= 4 is 13.4 Å². The van der Waals surface area contributed by atoms with Crippen LogP contribution in [0.5, 0.6) is 0 Å². The third-order valence-corrected chi connectivity index (χ3v) is 4.80. The summed E-state index contributed by atoms with van der Waals surface area (Å²) in [6, 6.07) is 7.13. The van der Waals surface area contributed by atoms with E-state index in [0.29, 0.717) is 5.69 Å². The molecule has 0 saturated carbocycles. The second kappa shape index (κ2) is 4.68. The molecule has 0 aliphatic heterocycles. The normalized spacial score (nSPS) is 12.8. The van der Waals surface area contributed by atoms with Gasteiger partial charge in [-0.05, 0) is 26.8 Å². The molecule has 1 aromatic carbocycles. The number of benzene rings is 1. The molecule has 0 heterocycles. The van der Waals surface area contributed by atoms with Crippen molar-refractivity contribution in [3.05, 3.63) is 29.8 Å². The van der Waals surface area contributed by atoms with Gasteiger partial charge in [0, 0.05) is 5.56 Å². The van der Waals surface area contributed by atoms with Gasteiger partial charge in [-0.25, -0.2) is 0 Å². The standard InChI is InChI=1S/C11H18NO3P/c1-4-12(5-2,16(13,14)15)11-9-7-6-8-10(11)3/h6-9H,4-5H2,1-3H3,(H-,13,14,15)/p-1. The van der Waals surface area contributed by atoms with E-state index < -0.39 is 12.0 Å². The van der Waals surface area contributed by atoms with Crippen molar-refractivity contribution in [3.63, 3.8) is 0 Å². The molecule has 0 fully saturated rings. The molecular formula is C11H17NO3P-. The van der Waals surface area contributed by atoms with Gasteiger partial charge in [0.1, 0.15) is 13.4 Å². The molecule has 5 heteroatoms. The minimum absolute atomic E-state index is 0.256. The maximum Gasteiger partial charge on any atom is 0.137 e. The maximum atomic E-state index is 11.5. The fourth-order valence-corrected chi connectivity index (χ4v) is 3.25. The summed E-state index contributed by atoms with van der Waals surface area (Å²) in [5, 5.41) is 0. The quantitative estimate of drug-likeness (QED) is 0.744. The van der Waals surface area contributed by atoms with Crippen molar-refractivity contribution in [2.75, 3.05) is 13.1 Å². The molecule has 90 valence electrons. The van der Waals surface area contributed by atoms with E-state index in [9.17, 15) is 14.4 Å². The highest BCUT2D eigenvalue weighted by molar-refractivity contribution is 7.48. The Morgan fingerprint density at radius 3 is 2.06 bits per heavy atom.